The van der Waals surface area contributed by atoms with E-state index in [1.165, 1.54) is 5.56 Å². The Hall–Kier alpha value is -2.66. The van der Waals surface area contributed by atoms with Crippen molar-refractivity contribution >= 4 is 23.2 Å². The molecular formula is C28H33ClN2O2. The van der Waals surface area contributed by atoms with E-state index in [1.54, 1.807) is 0 Å². The van der Waals surface area contributed by atoms with E-state index in [1.807, 2.05) is 62.4 Å². The molecule has 2 N–H and O–H groups in total. The fourth-order valence-electron chi connectivity index (χ4n) is 3.77. The zero-order valence-corrected chi connectivity index (χ0v) is 20.4. The second-order valence-electron chi connectivity index (χ2n) is 9.06. The van der Waals surface area contributed by atoms with E-state index in [0.717, 1.165) is 35.5 Å². The van der Waals surface area contributed by atoms with E-state index >= 15 is 0 Å². The minimum atomic E-state index is -0.709. The molecule has 3 rings (SSSR count). The summed E-state index contributed by atoms with van der Waals surface area (Å²) >= 11 is 5.95. The van der Waals surface area contributed by atoms with E-state index < -0.39 is 5.60 Å². The summed E-state index contributed by atoms with van der Waals surface area (Å²) in [6.45, 7) is 8.07. The zero-order chi connectivity index (χ0) is 23.8. The molecule has 0 saturated carbocycles. The Morgan fingerprint density at radius 2 is 1.45 bits per heavy atom. The van der Waals surface area contributed by atoms with Crippen LogP contribution in [0.15, 0.2) is 72.8 Å². The van der Waals surface area contributed by atoms with Crippen molar-refractivity contribution in [3.05, 3.63) is 88.9 Å². The molecule has 0 bridgehead atoms. The van der Waals surface area contributed by atoms with Crippen LogP contribution in [0.1, 0.15) is 38.3 Å². The lowest BCUT2D eigenvalue weighted by Gasteiger charge is -2.28. The van der Waals surface area contributed by atoms with Crippen molar-refractivity contribution in [2.24, 2.45) is 0 Å². The summed E-state index contributed by atoms with van der Waals surface area (Å²) in [5.74, 6) is 0.000606. The Kier molecular flexibility index (Phi) is 8.67. The monoisotopic (exact) mass is 464 g/mol. The van der Waals surface area contributed by atoms with Crippen LogP contribution in [0.4, 0.5) is 5.69 Å². The Balaban J connectivity index is 1.48. The number of halogens is 1. The summed E-state index contributed by atoms with van der Waals surface area (Å²) in [5.41, 5.74) is 4.59. The highest BCUT2D eigenvalue weighted by Crippen LogP contribution is 2.23. The van der Waals surface area contributed by atoms with E-state index in [0.29, 0.717) is 24.4 Å². The van der Waals surface area contributed by atoms with Gasteiger partial charge in [0.2, 0.25) is 5.91 Å². The number of benzene rings is 3. The van der Waals surface area contributed by atoms with E-state index in [9.17, 15) is 9.90 Å². The van der Waals surface area contributed by atoms with Gasteiger partial charge in [0.05, 0.1) is 5.60 Å². The number of nitrogens with one attached hydrogen (secondary N) is 1. The van der Waals surface area contributed by atoms with Gasteiger partial charge in [0.15, 0.2) is 0 Å². The molecular weight excluding hydrogens is 432 g/mol. The minimum Gasteiger partial charge on any atom is -0.389 e. The van der Waals surface area contributed by atoms with Crippen molar-refractivity contribution in [1.82, 2.24) is 4.90 Å². The minimum absolute atomic E-state index is 0.000606. The van der Waals surface area contributed by atoms with Gasteiger partial charge in [-0.05, 0) is 73.3 Å². The van der Waals surface area contributed by atoms with Gasteiger partial charge in [-0.1, -0.05) is 67.1 Å². The summed E-state index contributed by atoms with van der Waals surface area (Å²) in [7, 11) is 0. The number of anilines is 1. The van der Waals surface area contributed by atoms with Gasteiger partial charge in [0.25, 0.3) is 0 Å². The second-order valence-corrected chi connectivity index (χ2v) is 9.50. The topological polar surface area (TPSA) is 52.6 Å². The first-order valence-electron chi connectivity index (χ1n) is 11.4. The molecule has 0 spiro atoms. The predicted molar refractivity (Wildman–Crippen MR) is 138 cm³/mol. The number of carbonyl (C=O) groups is 1. The van der Waals surface area contributed by atoms with Gasteiger partial charge in [0.1, 0.15) is 0 Å². The molecule has 1 amide bonds. The van der Waals surface area contributed by atoms with Gasteiger partial charge in [0, 0.05) is 30.2 Å². The van der Waals surface area contributed by atoms with Crippen LogP contribution >= 0.6 is 11.6 Å². The Morgan fingerprint density at radius 3 is 2.00 bits per heavy atom. The highest BCUT2D eigenvalue weighted by atomic mass is 35.5. The molecule has 33 heavy (non-hydrogen) atoms. The summed E-state index contributed by atoms with van der Waals surface area (Å²) in [5, 5.41) is 13.8. The summed E-state index contributed by atoms with van der Waals surface area (Å²) in [6, 6.07) is 23.9. The third-order valence-electron chi connectivity index (χ3n) is 5.47. The fraction of sp³-hybridized carbons (Fsp3) is 0.321. The number of aliphatic hydroxyl groups is 1. The van der Waals surface area contributed by atoms with Gasteiger partial charge in [-0.15, -0.1) is 0 Å². The smallest absolute Gasteiger partial charge is 0.224 e. The summed E-state index contributed by atoms with van der Waals surface area (Å²) in [6.07, 6.45) is 1.12. The number of hydrogen-bond donors (Lipinski definition) is 2. The van der Waals surface area contributed by atoms with Gasteiger partial charge in [-0.25, -0.2) is 0 Å². The van der Waals surface area contributed by atoms with Crippen LogP contribution < -0.4 is 5.32 Å². The molecule has 0 fully saturated rings. The van der Waals surface area contributed by atoms with Crippen molar-refractivity contribution in [1.29, 1.82) is 0 Å². The largest absolute Gasteiger partial charge is 0.389 e. The van der Waals surface area contributed by atoms with Crippen molar-refractivity contribution in [2.75, 3.05) is 18.4 Å². The van der Waals surface area contributed by atoms with Crippen LogP contribution in [0.25, 0.3) is 11.1 Å². The molecule has 0 radical (unpaired) electrons. The van der Waals surface area contributed by atoms with Gasteiger partial charge >= 0.3 is 0 Å². The number of carbonyl (C=O) groups excluding carboxylic acids is 1. The van der Waals surface area contributed by atoms with Gasteiger partial charge in [-0.2, -0.15) is 0 Å². The molecule has 0 aliphatic carbocycles. The zero-order valence-electron chi connectivity index (χ0n) is 19.6. The van der Waals surface area contributed by atoms with Crippen LogP contribution in [0.5, 0.6) is 0 Å². The lowest BCUT2D eigenvalue weighted by molar-refractivity contribution is -0.116. The lowest BCUT2D eigenvalue weighted by atomic mass is 10.0. The molecule has 174 valence electrons. The number of nitrogens with zero attached hydrogens (tertiary/aromatic N) is 1. The third-order valence-corrected chi connectivity index (χ3v) is 5.73. The van der Waals surface area contributed by atoms with E-state index in [4.69, 9.17) is 11.6 Å². The fourth-order valence-corrected chi connectivity index (χ4v) is 3.89. The molecule has 0 aromatic heterocycles. The molecule has 0 aliphatic rings. The highest BCUT2D eigenvalue weighted by Gasteiger charge is 2.17. The predicted octanol–water partition coefficient (Wildman–Crippen LogP) is 6.17. The van der Waals surface area contributed by atoms with E-state index in [-0.39, 0.29) is 5.91 Å². The first-order valence-corrected chi connectivity index (χ1v) is 11.8. The van der Waals surface area contributed by atoms with Crippen LogP contribution in [0.3, 0.4) is 0 Å². The van der Waals surface area contributed by atoms with Crippen molar-refractivity contribution in [2.45, 2.75) is 45.8 Å². The second kappa shape index (κ2) is 11.5. The Morgan fingerprint density at radius 1 is 0.909 bits per heavy atom. The third kappa shape index (κ3) is 8.32. The average molecular weight is 465 g/mol. The van der Waals surface area contributed by atoms with Crippen molar-refractivity contribution in [3.63, 3.8) is 0 Å². The quantitative estimate of drug-likeness (QED) is 0.377. The van der Waals surface area contributed by atoms with Gasteiger partial charge < -0.3 is 10.4 Å². The van der Waals surface area contributed by atoms with E-state index in [2.05, 4.69) is 41.4 Å². The average Bonchev–Trinajstić information content (AvgIpc) is 2.78. The van der Waals surface area contributed by atoms with Crippen molar-refractivity contribution in [3.8, 4) is 11.1 Å². The number of aryl methyl sites for hydroxylation is 1. The molecule has 5 heteroatoms. The Labute approximate surface area is 202 Å². The number of hydrogen-bond acceptors (Lipinski definition) is 3. The normalized spacial score (nSPS) is 11.6. The standard InChI is InChI=1S/C28H33ClN2O2/c1-4-31(20-28(2,3)33)19-22-7-5-21(6-8-22)9-18-27(32)30-26-16-12-24(13-17-26)23-10-14-25(29)15-11-23/h5-8,10-17,33H,4,9,18-20H2,1-3H3,(H,30,32). The number of amides is 1. The molecule has 3 aromatic carbocycles. The molecule has 0 atom stereocenters. The maximum Gasteiger partial charge on any atom is 0.224 e. The molecule has 0 unspecified atom stereocenters. The van der Waals surface area contributed by atoms with Crippen LogP contribution in [-0.2, 0) is 17.8 Å². The molecule has 0 heterocycles. The number of rotatable bonds is 10. The Bertz CT molecular complexity index is 1020. The maximum atomic E-state index is 12.4. The number of likely N-dealkylation sites (N-methyl/N-ethyl adjacent to an activating group) is 1. The van der Waals surface area contributed by atoms with Crippen LogP contribution in [0, 0.1) is 0 Å². The highest BCUT2D eigenvalue weighted by molar-refractivity contribution is 6.30. The molecule has 3 aromatic rings. The van der Waals surface area contributed by atoms with Crippen molar-refractivity contribution < 1.29 is 9.90 Å². The maximum absolute atomic E-state index is 12.4. The summed E-state index contributed by atoms with van der Waals surface area (Å²) in [4.78, 5) is 14.6. The molecule has 4 nitrogen and oxygen atoms in total. The van der Waals surface area contributed by atoms with Crippen LogP contribution in [0.2, 0.25) is 5.02 Å². The van der Waals surface area contributed by atoms with Gasteiger partial charge in [-0.3, -0.25) is 9.69 Å². The first kappa shape index (κ1) is 25.0. The summed E-state index contributed by atoms with van der Waals surface area (Å²) < 4.78 is 0. The van der Waals surface area contributed by atoms with Crippen LogP contribution in [-0.4, -0.2) is 34.6 Å². The molecule has 0 saturated heterocycles. The molecule has 0 aliphatic heterocycles. The first-order chi connectivity index (χ1) is 15.7. The lowest BCUT2D eigenvalue weighted by Crippen LogP contribution is -2.38. The SMILES string of the molecule is CCN(Cc1ccc(CCC(=O)Nc2ccc(-c3ccc(Cl)cc3)cc2)cc1)CC(C)(C)O.